The number of carbonyl (C=O) groups is 4. The van der Waals surface area contributed by atoms with Crippen LogP contribution in [0.2, 0.25) is 0 Å². The topological polar surface area (TPSA) is 177 Å². The average molecular weight is 562 g/mol. The molecule has 2 aliphatic rings. The number of benzene rings is 1. The summed E-state index contributed by atoms with van der Waals surface area (Å²) < 4.78 is 11.0. The van der Waals surface area contributed by atoms with Gasteiger partial charge in [-0.3, -0.25) is 14.6 Å². The van der Waals surface area contributed by atoms with Crippen molar-refractivity contribution in [1.29, 1.82) is 0 Å². The monoisotopic (exact) mass is 561 g/mol. The summed E-state index contributed by atoms with van der Waals surface area (Å²) in [7, 11) is 0. The number of rotatable bonds is 8. The molecule has 5 rings (SSSR count). The maximum atomic E-state index is 13.5. The number of fused-ring (bicyclic) bond motifs is 1. The molecule has 41 heavy (non-hydrogen) atoms. The highest BCUT2D eigenvalue weighted by atomic mass is 16.7. The van der Waals surface area contributed by atoms with Crippen molar-refractivity contribution in [1.82, 2.24) is 24.8 Å². The fourth-order valence-corrected chi connectivity index (χ4v) is 4.25. The molecular formula is C27H27N7O7. The first kappa shape index (κ1) is 27.5. The van der Waals surface area contributed by atoms with Crippen molar-refractivity contribution in [2.75, 3.05) is 25.3 Å². The van der Waals surface area contributed by atoms with Gasteiger partial charge in [-0.15, -0.1) is 0 Å². The van der Waals surface area contributed by atoms with Gasteiger partial charge in [0.25, 0.3) is 11.8 Å². The molecule has 1 aliphatic heterocycles. The molecule has 0 unspecified atom stereocenters. The van der Waals surface area contributed by atoms with E-state index in [1.807, 2.05) is 13.0 Å². The molecule has 14 nitrogen and oxygen atoms in total. The minimum atomic E-state index is -0.966. The normalized spacial score (nSPS) is 14.0. The lowest BCUT2D eigenvalue weighted by Crippen LogP contribution is -2.39. The number of imide groups is 1. The molecular weight excluding hydrogens is 534 g/mol. The summed E-state index contributed by atoms with van der Waals surface area (Å²) in [6.45, 7) is 2.53. The Morgan fingerprint density at radius 2 is 1.98 bits per heavy atom. The lowest BCUT2D eigenvalue weighted by atomic mass is 10.1. The standard InChI is InChI=1S/C27H27N7O7/c1-15-5-6-17(25(37)32-21-4-3-9-28-21)10-20(15)31-24-23-16(2)19(11-33(23)30-13-29-24)26(38)34(18-7-8-18)27(39)41-14-40-22(36)12-35/h3-6,10-11,13,18,35H,7-9,12,14H2,1-2H3,(H,28,32,37)(H,29,30,31). The molecule has 3 heterocycles. The third-order valence-corrected chi connectivity index (χ3v) is 6.55. The van der Waals surface area contributed by atoms with E-state index >= 15 is 0 Å². The minimum Gasteiger partial charge on any atom is -0.426 e. The van der Waals surface area contributed by atoms with E-state index in [1.165, 1.54) is 17.0 Å². The van der Waals surface area contributed by atoms with Gasteiger partial charge < -0.3 is 25.2 Å². The van der Waals surface area contributed by atoms with E-state index in [-0.39, 0.29) is 17.5 Å². The highest BCUT2D eigenvalue weighted by molar-refractivity contribution is 6.11. The molecule has 2 aromatic heterocycles. The average Bonchev–Trinajstić information content (AvgIpc) is 3.53. The summed E-state index contributed by atoms with van der Waals surface area (Å²) >= 11 is 0. The zero-order chi connectivity index (χ0) is 29.1. The fourth-order valence-electron chi connectivity index (χ4n) is 4.25. The summed E-state index contributed by atoms with van der Waals surface area (Å²) in [4.78, 5) is 59.7. The second-order valence-electron chi connectivity index (χ2n) is 9.42. The van der Waals surface area contributed by atoms with Crippen LogP contribution in [0.1, 0.15) is 44.7 Å². The van der Waals surface area contributed by atoms with Crippen molar-refractivity contribution in [2.24, 2.45) is 4.99 Å². The Hall–Kier alpha value is -5.11. The number of hydrogen-bond donors (Lipinski definition) is 3. The zero-order valence-corrected chi connectivity index (χ0v) is 22.3. The molecule has 1 aliphatic carbocycles. The molecule has 3 amide bonds. The van der Waals surface area contributed by atoms with Crippen LogP contribution in [-0.4, -0.2) is 80.3 Å². The summed E-state index contributed by atoms with van der Waals surface area (Å²) in [5.74, 6) is -0.984. The number of aliphatic imine (C=N–C) groups is 1. The number of aliphatic hydroxyl groups excluding tert-OH is 1. The Balaban J connectivity index is 1.39. The maximum Gasteiger partial charge on any atom is 0.419 e. The van der Waals surface area contributed by atoms with Crippen molar-refractivity contribution >= 4 is 46.7 Å². The number of esters is 1. The van der Waals surface area contributed by atoms with Gasteiger partial charge in [-0.2, -0.15) is 5.10 Å². The zero-order valence-electron chi connectivity index (χ0n) is 22.3. The molecule has 3 aromatic rings. The number of hydrogen-bond acceptors (Lipinski definition) is 11. The molecule has 0 atom stereocenters. The number of carbonyl (C=O) groups excluding carboxylic acids is 4. The Bertz CT molecular complexity index is 1610. The van der Waals surface area contributed by atoms with Crippen LogP contribution in [0.3, 0.4) is 0 Å². The van der Waals surface area contributed by atoms with E-state index < -0.39 is 31.4 Å². The number of nitrogens with zero attached hydrogens (tertiary/aromatic N) is 5. The number of aromatic nitrogens is 3. The molecule has 0 bridgehead atoms. The minimum absolute atomic E-state index is 0.208. The van der Waals surface area contributed by atoms with Gasteiger partial charge in [0.15, 0.2) is 5.82 Å². The van der Waals surface area contributed by atoms with Crippen molar-refractivity contribution in [3.63, 3.8) is 0 Å². The number of anilines is 2. The van der Waals surface area contributed by atoms with Crippen LogP contribution in [-0.2, 0) is 14.3 Å². The molecule has 14 heteroatoms. The third kappa shape index (κ3) is 5.91. The Morgan fingerprint density at radius 1 is 1.17 bits per heavy atom. The van der Waals surface area contributed by atoms with Crippen LogP contribution in [0.15, 0.2) is 47.9 Å². The molecule has 0 radical (unpaired) electrons. The van der Waals surface area contributed by atoms with E-state index in [2.05, 4.69) is 30.4 Å². The largest absolute Gasteiger partial charge is 0.426 e. The Morgan fingerprint density at radius 3 is 2.68 bits per heavy atom. The smallest absolute Gasteiger partial charge is 0.419 e. The van der Waals surface area contributed by atoms with Gasteiger partial charge in [0.1, 0.15) is 24.3 Å². The first-order valence-electron chi connectivity index (χ1n) is 12.8. The molecule has 3 N–H and O–H groups in total. The lowest BCUT2D eigenvalue weighted by Gasteiger charge is -2.19. The first-order chi connectivity index (χ1) is 19.8. The van der Waals surface area contributed by atoms with E-state index in [4.69, 9.17) is 9.84 Å². The number of aryl methyl sites for hydroxylation is 2. The van der Waals surface area contributed by atoms with Gasteiger partial charge in [0, 0.05) is 23.5 Å². The van der Waals surface area contributed by atoms with Crippen LogP contribution in [0.25, 0.3) is 5.52 Å². The van der Waals surface area contributed by atoms with Crippen LogP contribution in [0, 0.1) is 13.8 Å². The third-order valence-electron chi connectivity index (χ3n) is 6.55. The van der Waals surface area contributed by atoms with Gasteiger partial charge in [-0.25, -0.2) is 24.0 Å². The van der Waals surface area contributed by atoms with Gasteiger partial charge in [0.05, 0.1) is 12.1 Å². The fraction of sp³-hybridized carbons (Fsp3) is 0.296. The Kier molecular flexibility index (Phi) is 7.74. The van der Waals surface area contributed by atoms with Gasteiger partial charge in [0.2, 0.25) is 6.79 Å². The maximum absolute atomic E-state index is 13.5. The molecule has 212 valence electrons. The van der Waals surface area contributed by atoms with E-state index in [9.17, 15) is 19.2 Å². The number of ether oxygens (including phenoxy) is 2. The quantitative estimate of drug-likeness (QED) is 0.272. The molecule has 1 aromatic carbocycles. The summed E-state index contributed by atoms with van der Waals surface area (Å²) in [5.41, 5.74) is 3.10. The number of aliphatic hydroxyl groups is 1. The molecule has 0 spiro atoms. The van der Waals surface area contributed by atoms with Crippen molar-refractivity contribution in [2.45, 2.75) is 32.7 Å². The molecule has 1 saturated carbocycles. The SMILES string of the molecule is Cc1ccc(C(=O)NC2=NCC=C2)cc1Nc1ncnn2cc(C(=O)N(C(=O)OCOC(=O)CO)C3CC3)c(C)c12. The Labute approximate surface area is 233 Å². The van der Waals surface area contributed by atoms with Gasteiger partial charge in [-0.05, 0) is 56.0 Å². The van der Waals surface area contributed by atoms with E-state index in [0.717, 1.165) is 10.5 Å². The van der Waals surface area contributed by atoms with E-state index in [1.54, 1.807) is 31.2 Å². The molecule has 1 fully saturated rings. The predicted molar refractivity (Wildman–Crippen MR) is 145 cm³/mol. The van der Waals surface area contributed by atoms with Crippen LogP contribution in [0.4, 0.5) is 16.3 Å². The van der Waals surface area contributed by atoms with Gasteiger partial charge >= 0.3 is 12.1 Å². The second kappa shape index (κ2) is 11.6. The summed E-state index contributed by atoms with van der Waals surface area (Å²) in [6.07, 6.45) is 6.68. The highest BCUT2D eigenvalue weighted by Crippen LogP contribution is 2.32. The first-order valence-corrected chi connectivity index (χ1v) is 12.8. The van der Waals surface area contributed by atoms with Crippen LogP contribution in [0.5, 0.6) is 0 Å². The van der Waals surface area contributed by atoms with Gasteiger partial charge in [-0.1, -0.05) is 12.1 Å². The summed E-state index contributed by atoms with van der Waals surface area (Å²) in [6, 6.07) is 4.86. The number of amidine groups is 1. The van der Waals surface area contributed by atoms with Crippen molar-refractivity contribution in [3.05, 3.63) is 65.1 Å². The summed E-state index contributed by atoms with van der Waals surface area (Å²) in [5, 5.41) is 19.0. The number of nitrogens with one attached hydrogen (secondary N) is 2. The highest BCUT2D eigenvalue weighted by Gasteiger charge is 2.40. The van der Waals surface area contributed by atoms with Crippen molar-refractivity contribution < 1.29 is 33.8 Å². The lowest BCUT2D eigenvalue weighted by molar-refractivity contribution is -0.155. The van der Waals surface area contributed by atoms with Crippen LogP contribution >= 0.6 is 0 Å². The van der Waals surface area contributed by atoms with Crippen LogP contribution < -0.4 is 10.6 Å². The molecule has 0 saturated heterocycles. The second-order valence-corrected chi connectivity index (χ2v) is 9.42. The predicted octanol–water partition coefficient (Wildman–Crippen LogP) is 2.02. The van der Waals surface area contributed by atoms with E-state index in [0.29, 0.717) is 53.4 Å². The number of amides is 3. The van der Waals surface area contributed by atoms with Crippen molar-refractivity contribution in [3.8, 4) is 0 Å².